The quantitative estimate of drug-likeness (QED) is 0.161. The van der Waals surface area contributed by atoms with Crippen LogP contribution in [0.4, 0.5) is 0 Å². The fourth-order valence-electron chi connectivity index (χ4n) is 6.79. The maximum absolute atomic E-state index is 5.12. The lowest BCUT2D eigenvalue weighted by Gasteiger charge is -2.08. The van der Waals surface area contributed by atoms with Crippen molar-refractivity contribution in [3.05, 3.63) is 97.9 Å². The first kappa shape index (κ1) is 48.8. The van der Waals surface area contributed by atoms with Gasteiger partial charge in [-0.25, -0.2) is 9.97 Å². The van der Waals surface area contributed by atoms with Crippen LogP contribution in [-0.4, -0.2) is 67.7 Å². The summed E-state index contributed by atoms with van der Waals surface area (Å²) in [6.07, 6.45) is 39.7. The monoisotopic (exact) mass is 799 g/mol. The van der Waals surface area contributed by atoms with E-state index < -0.39 is 0 Å². The fourth-order valence-corrected chi connectivity index (χ4v) is 6.79. The summed E-state index contributed by atoms with van der Waals surface area (Å²) in [5.41, 5.74) is 2.16. The molecule has 8 nitrogen and oxygen atoms in total. The summed E-state index contributed by atoms with van der Waals surface area (Å²) in [5, 5.41) is 5.72. The number of para-hydroxylation sites is 2. The molecule has 0 atom stereocenters. The Morgan fingerprint density at radius 2 is 0.828 bits per heavy atom. The number of benzene rings is 2. The van der Waals surface area contributed by atoms with E-state index in [-0.39, 0.29) is 0 Å². The van der Waals surface area contributed by atoms with E-state index in [0.717, 1.165) is 50.6 Å². The van der Waals surface area contributed by atoms with Crippen molar-refractivity contribution in [2.24, 2.45) is 0 Å². The van der Waals surface area contributed by atoms with Crippen molar-refractivity contribution in [1.29, 1.82) is 0 Å². The lowest BCUT2D eigenvalue weighted by atomic mass is 10.0. The Balaban J connectivity index is 0.000000176. The highest BCUT2D eigenvalue weighted by molar-refractivity contribution is 5.78. The van der Waals surface area contributed by atoms with Crippen molar-refractivity contribution in [2.75, 3.05) is 52.7 Å². The topological polar surface area (TPSA) is 94.4 Å². The summed E-state index contributed by atoms with van der Waals surface area (Å²) in [6, 6.07) is 22.0. The smallest absolute Gasteiger partial charge is 0.133 e. The Morgan fingerprint density at radius 3 is 1.17 bits per heavy atom. The average Bonchev–Trinajstić information content (AvgIpc) is 4.21. The first-order chi connectivity index (χ1) is 28.9. The molecule has 2 aromatic carbocycles. The maximum atomic E-state index is 5.12. The highest BCUT2D eigenvalue weighted by Crippen LogP contribution is 2.16. The Labute approximate surface area is 351 Å². The van der Waals surface area contributed by atoms with E-state index in [9.17, 15) is 0 Å². The molecule has 7 heterocycles. The Bertz CT molecular complexity index is 1250. The number of piperidine rings is 1. The molecule has 2 saturated carbocycles. The van der Waals surface area contributed by atoms with Gasteiger partial charge in [0, 0.05) is 69.1 Å². The standard InChI is InChI=1S/C8H7N.C8H6O.C6H12.C5H11N.2C5H10O.C5H10.C4H4N2.C4H8O/c2*1-2-4-8-7(3-1)5-6-9-8;4*1-2-4-6-5-3-1;1-2-4-5-3-1;1-2-5-4-6-3-1;1-2-4-5-3-1/h1-6,9H;1-6H;1-6H2;6H,1-5H2;2*1-5H2;1-5H2;1-4H;1-4H2. The van der Waals surface area contributed by atoms with Gasteiger partial charge in [-0.1, -0.05) is 113 Å². The van der Waals surface area contributed by atoms with Crippen LogP contribution in [0.25, 0.3) is 21.9 Å². The van der Waals surface area contributed by atoms with Crippen LogP contribution in [0.5, 0.6) is 0 Å². The molecule has 0 radical (unpaired) electrons. The number of aromatic nitrogens is 3. The van der Waals surface area contributed by atoms with E-state index in [0.29, 0.717) is 0 Å². The Hall–Kier alpha value is -3.56. The van der Waals surface area contributed by atoms with E-state index >= 15 is 0 Å². The van der Waals surface area contributed by atoms with Crippen molar-refractivity contribution < 1.29 is 18.6 Å². The average molecular weight is 799 g/mol. The van der Waals surface area contributed by atoms with Gasteiger partial charge in [0.15, 0.2) is 0 Å². The van der Waals surface area contributed by atoms with E-state index in [1.54, 1.807) is 24.7 Å². The van der Waals surface area contributed by atoms with Gasteiger partial charge in [0.2, 0.25) is 0 Å². The number of rotatable bonds is 0. The second kappa shape index (κ2) is 37.7. The fraction of sp³-hybridized carbons (Fsp3) is 0.600. The van der Waals surface area contributed by atoms with Gasteiger partial charge in [0.05, 0.1) is 6.26 Å². The van der Waals surface area contributed by atoms with Crippen LogP contribution in [0, 0.1) is 0 Å². The predicted molar refractivity (Wildman–Crippen MR) is 243 cm³/mol. The van der Waals surface area contributed by atoms with E-state index in [1.807, 2.05) is 48.7 Å². The molecule has 11 rings (SSSR count). The lowest BCUT2D eigenvalue weighted by molar-refractivity contribution is 0.0967. The zero-order valence-corrected chi connectivity index (χ0v) is 36.0. The predicted octanol–water partition coefficient (Wildman–Crippen LogP) is 13.3. The number of nitrogens with one attached hydrogen (secondary N) is 2. The zero-order chi connectivity index (χ0) is 40.5. The highest BCUT2D eigenvalue weighted by atomic mass is 16.5. The minimum absolute atomic E-state index is 0.956. The third-order valence-corrected chi connectivity index (χ3v) is 10.2. The van der Waals surface area contributed by atoms with Gasteiger partial charge in [-0.3, -0.25) is 0 Å². The van der Waals surface area contributed by atoms with Crippen molar-refractivity contribution in [1.82, 2.24) is 20.3 Å². The number of nitrogens with zero attached hydrogens (tertiary/aromatic N) is 2. The second-order valence-electron chi connectivity index (χ2n) is 15.3. The summed E-state index contributed by atoms with van der Waals surface area (Å²) in [6.45, 7) is 8.50. The van der Waals surface area contributed by atoms with Crippen LogP contribution in [-0.2, 0) is 14.2 Å². The Kier molecular flexibility index (Phi) is 31.7. The SMILES string of the molecule is C1CCCC1.C1CCCCC1.C1CCNCC1.C1CCOC1.C1CCOCC1.C1CCOCC1.c1ccc2[nH]ccc2c1.c1ccc2occc2c1.c1cncnc1. The number of hydrogen-bond acceptors (Lipinski definition) is 7. The molecule has 0 unspecified atom stereocenters. The first-order valence-corrected chi connectivity index (χ1v) is 23.0. The largest absolute Gasteiger partial charge is 0.464 e. The Morgan fingerprint density at radius 1 is 0.397 bits per heavy atom. The zero-order valence-electron chi connectivity index (χ0n) is 36.0. The minimum atomic E-state index is 0.956. The first-order valence-electron chi connectivity index (χ1n) is 23.0. The van der Waals surface area contributed by atoms with Crippen LogP contribution in [0.1, 0.15) is 141 Å². The van der Waals surface area contributed by atoms with Gasteiger partial charge in [-0.15, -0.1) is 0 Å². The number of ether oxygens (including phenoxy) is 3. The normalized spacial score (nSPS) is 18.1. The van der Waals surface area contributed by atoms with Gasteiger partial charge in [0.1, 0.15) is 11.9 Å². The number of aromatic amines is 1. The van der Waals surface area contributed by atoms with Gasteiger partial charge >= 0.3 is 0 Å². The van der Waals surface area contributed by atoms with E-state index in [1.165, 1.54) is 172 Å². The lowest BCUT2D eigenvalue weighted by Crippen LogP contribution is -2.21. The number of fused-ring (bicyclic) bond motifs is 2. The number of H-pyrrole nitrogens is 1. The van der Waals surface area contributed by atoms with Crippen molar-refractivity contribution >= 4 is 21.9 Å². The third kappa shape index (κ3) is 28.0. The molecule has 6 fully saturated rings. The summed E-state index contributed by atoms with van der Waals surface area (Å²) in [5.74, 6) is 0. The van der Waals surface area contributed by atoms with Gasteiger partial charge < -0.3 is 28.9 Å². The van der Waals surface area contributed by atoms with Crippen molar-refractivity contribution in [3.8, 4) is 0 Å². The molecule has 0 amide bonds. The summed E-state index contributed by atoms with van der Waals surface area (Å²) >= 11 is 0. The molecule has 58 heavy (non-hydrogen) atoms. The molecule has 322 valence electrons. The number of hydrogen-bond donors (Lipinski definition) is 2. The molecular weight excluding hydrogens is 721 g/mol. The third-order valence-electron chi connectivity index (χ3n) is 10.2. The molecule has 4 aliphatic heterocycles. The molecular formula is C50H78N4O4. The van der Waals surface area contributed by atoms with Gasteiger partial charge in [-0.2, -0.15) is 0 Å². The van der Waals surface area contributed by atoms with E-state index in [4.69, 9.17) is 18.6 Å². The second-order valence-corrected chi connectivity index (χ2v) is 15.3. The summed E-state index contributed by atoms with van der Waals surface area (Å²) in [4.78, 5) is 10.5. The van der Waals surface area contributed by atoms with Crippen molar-refractivity contribution in [3.63, 3.8) is 0 Å². The molecule has 5 aromatic rings. The minimum Gasteiger partial charge on any atom is -0.464 e. The molecule has 3 aromatic heterocycles. The van der Waals surface area contributed by atoms with E-state index in [2.05, 4.69) is 38.5 Å². The van der Waals surface area contributed by atoms with Crippen LogP contribution in [0.3, 0.4) is 0 Å². The summed E-state index contributed by atoms with van der Waals surface area (Å²) < 4.78 is 20.2. The molecule has 6 aliphatic rings. The van der Waals surface area contributed by atoms with Crippen LogP contribution >= 0.6 is 0 Å². The van der Waals surface area contributed by atoms with Gasteiger partial charge in [0.25, 0.3) is 0 Å². The maximum Gasteiger partial charge on any atom is 0.133 e. The molecule has 0 bridgehead atoms. The van der Waals surface area contributed by atoms with Gasteiger partial charge in [-0.05, 0) is 113 Å². The number of furan rings is 1. The van der Waals surface area contributed by atoms with Crippen LogP contribution < -0.4 is 5.32 Å². The molecule has 2 N–H and O–H groups in total. The molecule has 0 spiro atoms. The molecule has 2 aliphatic carbocycles. The van der Waals surface area contributed by atoms with Crippen molar-refractivity contribution in [2.45, 2.75) is 141 Å². The molecule has 8 heteroatoms. The molecule has 4 saturated heterocycles. The van der Waals surface area contributed by atoms with Crippen LogP contribution in [0.15, 0.2) is 102 Å². The highest BCUT2D eigenvalue weighted by Gasteiger charge is 1.98. The summed E-state index contributed by atoms with van der Waals surface area (Å²) in [7, 11) is 0. The van der Waals surface area contributed by atoms with Crippen LogP contribution in [0.2, 0.25) is 0 Å².